The predicted molar refractivity (Wildman–Crippen MR) is 110 cm³/mol. The number of aliphatic hydroxyl groups is 1. The summed E-state index contributed by atoms with van der Waals surface area (Å²) in [5, 5.41) is 9.05. The fourth-order valence-electron chi connectivity index (χ4n) is 3.52. The molecular formula is C22H42N2O. The minimum absolute atomic E-state index is 0.245. The minimum atomic E-state index is 0.245. The van der Waals surface area contributed by atoms with Gasteiger partial charge in [-0.05, 0) is 32.1 Å². The summed E-state index contributed by atoms with van der Waals surface area (Å²) >= 11 is 0. The van der Waals surface area contributed by atoms with Crippen LogP contribution >= 0.6 is 0 Å². The highest BCUT2D eigenvalue weighted by molar-refractivity contribution is 5.62. The van der Waals surface area contributed by atoms with Gasteiger partial charge in [0, 0.05) is 19.3 Å². The number of β-amino-alcohol motifs (C(OH)–C–C–N with tert-alkyl or cyclic N) is 1. The van der Waals surface area contributed by atoms with E-state index in [2.05, 4.69) is 29.0 Å². The van der Waals surface area contributed by atoms with E-state index in [-0.39, 0.29) is 6.61 Å². The number of hydrogen-bond acceptors (Lipinski definition) is 3. The second-order valence-corrected chi connectivity index (χ2v) is 7.40. The topological polar surface area (TPSA) is 35.8 Å². The normalized spacial score (nSPS) is 17.9. The van der Waals surface area contributed by atoms with Crippen molar-refractivity contribution in [1.82, 2.24) is 4.90 Å². The van der Waals surface area contributed by atoms with Gasteiger partial charge in [-0.1, -0.05) is 76.9 Å². The summed E-state index contributed by atoms with van der Waals surface area (Å²) in [7, 11) is 0. The van der Waals surface area contributed by atoms with Crippen LogP contribution in [0.15, 0.2) is 17.1 Å². The lowest BCUT2D eigenvalue weighted by Gasteiger charge is -2.21. The summed E-state index contributed by atoms with van der Waals surface area (Å²) in [4.78, 5) is 6.80. The minimum Gasteiger partial charge on any atom is -0.395 e. The first-order chi connectivity index (χ1) is 12.4. The molecule has 0 amide bonds. The average Bonchev–Trinajstić information content (AvgIpc) is 3.06. The molecule has 1 heterocycles. The first-order valence-corrected chi connectivity index (χ1v) is 10.9. The highest BCUT2D eigenvalue weighted by Crippen LogP contribution is 2.16. The summed E-state index contributed by atoms with van der Waals surface area (Å²) in [6.07, 6.45) is 25.8. The van der Waals surface area contributed by atoms with Crippen LogP contribution in [0, 0.1) is 0 Å². The van der Waals surface area contributed by atoms with E-state index in [1.165, 1.54) is 83.5 Å². The molecule has 1 unspecified atom stereocenters. The van der Waals surface area contributed by atoms with Crippen LogP contribution in [-0.4, -0.2) is 42.1 Å². The summed E-state index contributed by atoms with van der Waals surface area (Å²) in [6.45, 7) is 4.16. The molecule has 0 saturated heterocycles. The summed E-state index contributed by atoms with van der Waals surface area (Å²) in [5.41, 5.74) is 0. The molecule has 1 atom stereocenters. The zero-order chi connectivity index (χ0) is 18.0. The fraction of sp³-hybridized carbons (Fsp3) is 0.864. The molecule has 0 saturated carbocycles. The van der Waals surface area contributed by atoms with Gasteiger partial charge in [0.25, 0.3) is 0 Å². The molecule has 0 fully saturated rings. The van der Waals surface area contributed by atoms with E-state index < -0.39 is 0 Å². The molecule has 1 aliphatic rings. The molecule has 1 rings (SSSR count). The van der Waals surface area contributed by atoms with Crippen molar-refractivity contribution in [2.45, 2.75) is 103 Å². The highest BCUT2D eigenvalue weighted by atomic mass is 16.3. The number of aliphatic imine (C=N–C) groups is 1. The van der Waals surface area contributed by atoms with Crippen LogP contribution in [0.2, 0.25) is 0 Å². The summed E-state index contributed by atoms with van der Waals surface area (Å²) < 4.78 is 0. The van der Waals surface area contributed by atoms with Crippen LogP contribution in [0.5, 0.6) is 0 Å². The Morgan fingerprint density at radius 3 is 2.16 bits per heavy atom. The third-order valence-corrected chi connectivity index (χ3v) is 5.11. The monoisotopic (exact) mass is 350 g/mol. The number of unbranched alkanes of at least 4 members (excludes halogenated alkanes) is 11. The quantitative estimate of drug-likeness (QED) is 0.269. The van der Waals surface area contributed by atoms with E-state index in [0.717, 1.165) is 19.5 Å². The Hall–Kier alpha value is -0.670. The van der Waals surface area contributed by atoms with Gasteiger partial charge in [0.15, 0.2) is 0 Å². The molecule has 3 nitrogen and oxygen atoms in total. The van der Waals surface area contributed by atoms with E-state index in [4.69, 9.17) is 5.11 Å². The molecule has 0 radical (unpaired) electrons. The predicted octanol–water partition coefficient (Wildman–Crippen LogP) is 5.73. The Kier molecular flexibility index (Phi) is 15.0. The van der Waals surface area contributed by atoms with Gasteiger partial charge >= 0.3 is 0 Å². The zero-order valence-corrected chi connectivity index (χ0v) is 16.7. The second-order valence-electron chi connectivity index (χ2n) is 7.40. The van der Waals surface area contributed by atoms with E-state index in [1.807, 2.05) is 6.21 Å². The smallest absolute Gasteiger partial charge is 0.102 e. The lowest BCUT2D eigenvalue weighted by Crippen LogP contribution is -2.32. The van der Waals surface area contributed by atoms with Crippen molar-refractivity contribution < 1.29 is 5.11 Å². The maximum Gasteiger partial charge on any atom is 0.102 e. The lowest BCUT2D eigenvalue weighted by molar-refractivity contribution is 0.176. The zero-order valence-electron chi connectivity index (χ0n) is 16.7. The Morgan fingerprint density at radius 1 is 0.920 bits per heavy atom. The van der Waals surface area contributed by atoms with E-state index in [9.17, 15) is 0 Å². The largest absolute Gasteiger partial charge is 0.395 e. The highest BCUT2D eigenvalue weighted by Gasteiger charge is 2.19. The first-order valence-electron chi connectivity index (χ1n) is 10.9. The molecule has 25 heavy (non-hydrogen) atoms. The average molecular weight is 351 g/mol. The van der Waals surface area contributed by atoms with Gasteiger partial charge in [0.05, 0.1) is 6.61 Å². The van der Waals surface area contributed by atoms with E-state index in [0.29, 0.717) is 6.17 Å². The van der Waals surface area contributed by atoms with Crippen LogP contribution in [-0.2, 0) is 0 Å². The Morgan fingerprint density at radius 2 is 1.52 bits per heavy atom. The van der Waals surface area contributed by atoms with Gasteiger partial charge in [-0.2, -0.15) is 0 Å². The maximum atomic E-state index is 9.05. The third-order valence-electron chi connectivity index (χ3n) is 5.11. The summed E-state index contributed by atoms with van der Waals surface area (Å²) in [5.74, 6) is 0. The van der Waals surface area contributed by atoms with Gasteiger partial charge in [-0.3, -0.25) is 9.89 Å². The Bertz CT molecular complexity index is 341. The van der Waals surface area contributed by atoms with Gasteiger partial charge < -0.3 is 5.11 Å². The van der Waals surface area contributed by atoms with Crippen LogP contribution in [0.3, 0.4) is 0 Å². The molecule has 3 heteroatoms. The van der Waals surface area contributed by atoms with Crippen molar-refractivity contribution in [3.63, 3.8) is 0 Å². The Labute approximate surface area is 156 Å². The van der Waals surface area contributed by atoms with Crippen LogP contribution < -0.4 is 0 Å². The fourth-order valence-corrected chi connectivity index (χ4v) is 3.52. The van der Waals surface area contributed by atoms with Gasteiger partial charge in [-0.25, -0.2) is 0 Å². The van der Waals surface area contributed by atoms with E-state index >= 15 is 0 Å². The molecule has 0 aromatic rings. The Balaban J connectivity index is 1.78. The van der Waals surface area contributed by atoms with Crippen molar-refractivity contribution in [2.75, 3.05) is 19.7 Å². The number of allylic oxidation sites excluding steroid dienone is 2. The van der Waals surface area contributed by atoms with Crippen molar-refractivity contribution in [3.8, 4) is 0 Å². The van der Waals surface area contributed by atoms with Crippen LogP contribution in [0.25, 0.3) is 0 Å². The standard InChI is InChI=1S/C22H42N2O/c1-2-3-4-5-6-7-8-9-10-11-12-13-14-15-16-17-22-23-18-19-24(22)20-21-25/h4-5,18,22,25H,2-3,6-17,19-21H2,1H3/b5-4+. The molecule has 1 N–H and O–H groups in total. The van der Waals surface area contributed by atoms with Crippen molar-refractivity contribution >= 4 is 6.21 Å². The molecular weight excluding hydrogens is 308 g/mol. The van der Waals surface area contributed by atoms with Gasteiger partial charge in [-0.15, -0.1) is 0 Å². The second kappa shape index (κ2) is 16.8. The van der Waals surface area contributed by atoms with Crippen LogP contribution in [0.4, 0.5) is 0 Å². The number of hydrogen-bond donors (Lipinski definition) is 1. The number of rotatable bonds is 17. The maximum absolute atomic E-state index is 9.05. The van der Waals surface area contributed by atoms with Crippen molar-refractivity contribution in [3.05, 3.63) is 12.2 Å². The molecule has 0 aromatic heterocycles. The molecule has 146 valence electrons. The van der Waals surface area contributed by atoms with Gasteiger partial charge in [0.2, 0.25) is 0 Å². The number of aliphatic hydroxyl groups excluding tert-OH is 1. The van der Waals surface area contributed by atoms with E-state index in [1.54, 1.807) is 0 Å². The van der Waals surface area contributed by atoms with Crippen molar-refractivity contribution in [2.24, 2.45) is 4.99 Å². The molecule has 0 aliphatic carbocycles. The van der Waals surface area contributed by atoms with Crippen molar-refractivity contribution in [1.29, 1.82) is 0 Å². The molecule has 0 aromatic carbocycles. The lowest BCUT2D eigenvalue weighted by atomic mass is 10.0. The molecule has 1 aliphatic heterocycles. The molecule has 0 spiro atoms. The molecule has 0 bridgehead atoms. The third kappa shape index (κ3) is 12.3. The SMILES string of the molecule is CCC/C=C/CCCCCCCCCCCCC1N=CCN1CCO. The van der Waals surface area contributed by atoms with Crippen LogP contribution in [0.1, 0.15) is 96.8 Å². The van der Waals surface area contributed by atoms with Gasteiger partial charge in [0.1, 0.15) is 6.17 Å². The first kappa shape index (κ1) is 22.4. The number of nitrogens with zero attached hydrogens (tertiary/aromatic N) is 2. The summed E-state index contributed by atoms with van der Waals surface area (Å²) in [6, 6.07) is 0.